The number of fused-ring (bicyclic) bond motifs is 6. The molecule has 1 atom stereocenters. The maximum absolute atomic E-state index is 4.18. The number of nitrogens with zero attached hydrogens (tertiary/aromatic N) is 1. The number of pyridine rings is 1. The fourth-order valence-corrected chi connectivity index (χ4v) is 5.39. The Balaban J connectivity index is 0.000000190. The quantitative estimate of drug-likeness (QED) is 0.204. The molecule has 0 N–H and O–H groups in total. The van der Waals surface area contributed by atoms with Gasteiger partial charge in [-0.2, -0.15) is 0 Å². The Hall–Kier alpha value is -3.19. The molecule has 4 aromatic carbocycles. The Morgan fingerprint density at radius 2 is 1.52 bits per heavy atom. The van der Waals surface area contributed by atoms with Crippen molar-refractivity contribution in [2.45, 2.75) is 51.9 Å². The molecule has 1 unspecified atom stereocenters. The van der Waals surface area contributed by atoms with Gasteiger partial charge in [-0.05, 0) is 70.0 Å². The van der Waals surface area contributed by atoms with Gasteiger partial charge in [-0.3, -0.25) is 4.98 Å². The molecule has 0 radical (unpaired) electrons. The van der Waals surface area contributed by atoms with Gasteiger partial charge in [0, 0.05) is 11.6 Å². The molecule has 0 bridgehead atoms. The molecule has 166 valence electrons. The maximum Gasteiger partial charge on any atom is 0.0701 e. The van der Waals surface area contributed by atoms with Crippen LogP contribution in [0.4, 0.5) is 0 Å². The molecule has 1 heterocycles. The summed E-state index contributed by atoms with van der Waals surface area (Å²) < 4.78 is 0. The van der Waals surface area contributed by atoms with Crippen molar-refractivity contribution in [3.05, 3.63) is 102 Å². The van der Waals surface area contributed by atoms with Crippen molar-refractivity contribution >= 4 is 32.4 Å². The van der Waals surface area contributed by atoms with Crippen molar-refractivity contribution in [2.24, 2.45) is 5.92 Å². The average Bonchev–Trinajstić information content (AvgIpc) is 2.89. The summed E-state index contributed by atoms with van der Waals surface area (Å²) in [7, 11) is 0. The highest BCUT2D eigenvalue weighted by atomic mass is 14.6. The van der Waals surface area contributed by atoms with E-state index in [0.717, 1.165) is 11.4 Å². The molecule has 33 heavy (non-hydrogen) atoms. The lowest BCUT2D eigenvalue weighted by molar-refractivity contribution is 0.409. The van der Waals surface area contributed by atoms with Crippen LogP contribution in [0.2, 0.25) is 0 Å². The minimum absolute atomic E-state index is 0.909. The third-order valence-electron chi connectivity index (χ3n) is 7.17. The topological polar surface area (TPSA) is 12.9 Å². The Morgan fingerprint density at radius 1 is 0.727 bits per heavy atom. The number of aromatic nitrogens is 1. The van der Waals surface area contributed by atoms with E-state index in [1.807, 2.05) is 30.5 Å². The Labute approximate surface area is 197 Å². The lowest BCUT2D eigenvalue weighted by Crippen LogP contribution is -2.14. The zero-order chi connectivity index (χ0) is 22.5. The van der Waals surface area contributed by atoms with Crippen LogP contribution in [-0.2, 0) is 12.8 Å². The molecule has 0 fully saturated rings. The smallest absolute Gasteiger partial charge is 0.0701 e. The molecule has 0 amide bonds. The molecule has 5 aromatic rings. The average molecular weight is 432 g/mol. The molecule has 1 aliphatic carbocycles. The van der Waals surface area contributed by atoms with E-state index in [1.54, 1.807) is 11.1 Å². The summed E-state index contributed by atoms with van der Waals surface area (Å²) in [4.78, 5) is 4.18. The van der Waals surface area contributed by atoms with E-state index in [1.165, 1.54) is 71.9 Å². The summed E-state index contributed by atoms with van der Waals surface area (Å²) in [5.41, 5.74) is 4.30. The summed E-state index contributed by atoms with van der Waals surface area (Å²) in [5.74, 6) is 0.909. The van der Waals surface area contributed by atoms with Crippen molar-refractivity contribution in [2.75, 3.05) is 0 Å². The fourth-order valence-electron chi connectivity index (χ4n) is 5.39. The molecule has 0 aliphatic heterocycles. The largest absolute Gasteiger partial charge is 0.256 e. The Bertz CT molecular complexity index is 1300. The van der Waals surface area contributed by atoms with Crippen molar-refractivity contribution in [3.8, 4) is 0 Å². The number of hydrogen-bond donors (Lipinski definition) is 0. The fraction of sp³-hybridized carbons (Fsp3) is 0.281. The van der Waals surface area contributed by atoms with Gasteiger partial charge in [0.15, 0.2) is 0 Å². The lowest BCUT2D eigenvalue weighted by atomic mass is 9.79. The zero-order valence-electron chi connectivity index (χ0n) is 19.6. The number of unbranched alkanes of at least 4 members (excludes halogenated alkanes) is 2. The van der Waals surface area contributed by atoms with Crippen LogP contribution in [0.5, 0.6) is 0 Å². The van der Waals surface area contributed by atoms with Gasteiger partial charge in [-0.1, -0.05) is 105 Å². The number of para-hydroxylation sites is 1. The first-order valence-corrected chi connectivity index (χ1v) is 12.6. The Morgan fingerprint density at radius 3 is 2.39 bits per heavy atom. The van der Waals surface area contributed by atoms with E-state index in [0.29, 0.717) is 0 Å². The molecule has 1 aliphatic rings. The van der Waals surface area contributed by atoms with Crippen LogP contribution in [0.1, 0.15) is 50.2 Å². The van der Waals surface area contributed by atoms with Gasteiger partial charge in [0.05, 0.1) is 5.52 Å². The molecule has 1 heteroatoms. The van der Waals surface area contributed by atoms with Gasteiger partial charge in [0.1, 0.15) is 0 Å². The SMILES string of the molecule is CCCCCC1CCc2c(ccc3c2ccc2ccccc23)C1.c1ccc2ncccc2c1. The highest BCUT2D eigenvalue weighted by Gasteiger charge is 2.20. The number of aryl methyl sites for hydroxylation is 1. The normalized spacial score (nSPS) is 15.2. The van der Waals surface area contributed by atoms with Gasteiger partial charge in [0.2, 0.25) is 0 Å². The predicted molar refractivity (Wildman–Crippen MR) is 143 cm³/mol. The van der Waals surface area contributed by atoms with Crippen molar-refractivity contribution < 1.29 is 0 Å². The minimum Gasteiger partial charge on any atom is -0.256 e. The number of benzene rings is 4. The maximum atomic E-state index is 4.18. The number of hydrogen-bond acceptors (Lipinski definition) is 1. The van der Waals surface area contributed by atoms with Crippen LogP contribution in [0.25, 0.3) is 32.4 Å². The van der Waals surface area contributed by atoms with E-state index < -0.39 is 0 Å². The van der Waals surface area contributed by atoms with Crippen LogP contribution in [0.15, 0.2) is 91.1 Å². The third kappa shape index (κ3) is 4.78. The van der Waals surface area contributed by atoms with E-state index in [2.05, 4.69) is 72.6 Å². The molecule has 0 saturated heterocycles. The highest BCUT2D eigenvalue weighted by Crippen LogP contribution is 2.36. The van der Waals surface area contributed by atoms with Crippen LogP contribution in [0.3, 0.4) is 0 Å². The van der Waals surface area contributed by atoms with Crippen LogP contribution < -0.4 is 0 Å². The van der Waals surface area contributed by atoms with E-state index >= 15 is 0 Å². The molecule has 0 saturated carbocycles. The molecule has 1 nitrogen and oxygen atoms in total. The van der Waals surface area contributed by atoms with Crippen molar-refractivity contribution in [1.29, 1.82) is 0 Å². The standard InChI is InChI=1S/C23H26.C9H7N/c1-2-3-4-7-17-10-13-21-19(16-17)12-15-22-20-9-6-5-8-18(20)11-14-23(21)22;1-2-6-9-8(4-1)5-3-7-10-9/h5-6,8-9,11-12,14-15,17H,2-4,7,10,13,16H2,1H3;1-7H. The third-order valence-corrected chi connectivity index (χ3v) is 7.17. The van der Waals surface area contributed by atoms with Gasteiger partial charge in [-0.15, -0.1) is 0 Å². The van der Waals surface area contributed by atoms with E-state index in [4.69, 9.17) is 0 Å². The molecule has 1 aromatic heterocycles. The molecule has 0 spiro atoms. The first-order chi connectivity index (χ1) is 16.3. The van der Waals surface area contributed by atoms with Gasteiger partial charge in [0.25, 0.3) is 0 Å². The first kappa shape index (κ1) is 21.6. The van der Waals surface area contributed by atoms with Gasteiger partial charge >= 0.3 is 0 Å². The number of rotatable bonds is 4. The zero-order valence-corrected chi connectivity index (χ0v) is 19.6. The molecular weight excluding hydrogens is 398 g/mol. The second kappa shape index (κ2) is 10.2. The van der Waals surface area contributed by atoms with Crippen LogP contribution >= 0.6 is 0 Å². The predicted octanol–water partition coefficient (Wildman–Crippen LogP) is 8.91. The van der Waals surface area contributed by atoms with Gasteiger partial charge in [-0.25, -0.2) is 0 Å². The summed E-state index contributed by atoms with van der Waals surface area (Å²) in [6.07, 6.45) is 11.3. The summed E-state index contributed by atoms with van der Waals surface area (Å²) in [6.45, 7) is 2.30. The minimum atomic E-state index is 0.909. The van der Waals surface area contributed by atoms with Crippen molar-refractivity contribution in [3.63, 3.8) is 0 Å². The second-order valence-corrected chi connectivity index (χ2v) is 9.39. The molecule has 6 rings (SSSR count). The van der Waals surface area contributed by atoms with Crippen molar-refractivity contribution in [1.82, 2.24) is 4.98 Å². The van der Waals surface area contributed by atoms with Crippen LogP contribution in [-0.4, -0.2) is 4.98 Å². The van der Waals surface area contributed by atoms with E-state index in [-0.39, 0.29) is 0 Å². The van der Waals surface area contributed by atoms with Crippen LogP contribution in [0, 0.1) is 5.92 Å². The monoisotopic (exact) mass is 431 g/mol. The van der Waals surface area contributed by atoms with Gasteiger partial charge < -0.3 is 0 Å². The Kier molecular flexibility index (Phi) is 6.67. The summed E-state index contributed by atoms with van der Waals surface area (Å²) in [6, 6.07) is 30.3. The first-order valence-electron chi connectivity index (χ1n) is 12.6. The summed E-state index contributed by atoms with van der Waals surface area (Å²) in [5, 5.41) is 6.88. The highest BCUT2D eigenvalue weighted by molar-refractivity contribution is 6.08. The lowest BCUT2D eigenvalue weighted by Gasteiger charge is -2.26. The summed E-state index contributed by atoms with van der Waals surface area (Å²) >= 11 is 0. The second-order valence-electron chi connectivity index (χ2n) is 9.39. The van der Waals surface area contributed by atoms with E-state index in [9.17, 15) is 0 Å². The molecular formula is C32H33N.